The van der Waals surface area contributed by atoms with Crippen LogP contribution in [0.3, 0.4) is 0 Å². The van der Waals surface area contributed by atoms with Crippen LogP contribution in [-0.2, 0) is 4.79 Å². The lowest BCUT2D eigenvalue weighted by atomic mass is 10.0. The smallest absolute Gasteiger partial charge is 0.265 e. The molecule has 2 aromatic rings. The maximum atomic E-state index is 12.3. The zero-order chi connectivity index (χ0) is 17.0. The summed E-state index contributed by atoms with van der Waals surface area (Å²) in [6, 6.07) is 13.9. The van der Waals surface area contributed by atoms with Crippen LogP contribution in [0.2, 0.25) is 0 Å². The van der Waals surface area contributed by atoms with Crippen LogP contribution in [0.25, 0.3) is 0 Å². The van der Waals surface area contributed by atoms with Crippen molar-refractivity contribution in [3.8, 4) is 5.75 Å². The second-order valence-electron chi connectivity index (χ2n) is 6.29. The molecule has 3 nitrogen and oxygen atoms in total. The minimum atomic E-state index is -0.555. The van der Waals surface area contributed by atoms with E-state index >= 15 is 0 Å². The monoisotopic (exact) mass is 311 g/mol. The lowest BCUT2D eigenvalue weighted by Gasteiger charge is -2.17. The van der Waals surface area contributed by atoms with E-state index in [1.54, 1.807) is 6.92 Å². The number of anilines is 1. The van der Waals surface area contributed by atoms with Crippen molar-refractivity contribution in [3.63, 3.8) is 0 Å². The molecule has 0 fully saturated rings. The summed E-state index contributed by atoms with van der Waals surface area (Å²) in [5, 5.41) is 2.90. The topological polar surface area (TPSA) is 38.3 Å². The number of benzene rings is 2. The van der Waals surface area contributed by atoms with Gasteiger partial charge in [-0.2, -0.15) is 0 Å². The van der Waals surface area contributed by atoms with Gasteiger partial charge in [0.15, 0.2) is 6.10 Å². The molecule has 0 aliphatic heterocycles. The molecule has 0 aromatic heterocycles. The van der Waals surface area contributed by atoms with Crippen LogP contribution in [0.4, 0.5) is 5.69 Å². The van der Waals surface area contributed by atoms with Gasteiger partial charge in [-0.1, -0.05) is 38.1 Å². The first-order valence-corrected chi connectivity index (χ1v) is 8.01. The van der Waals surface area contributed by atoms with E-state index in [1.165, 1.54) is 5.56 Å². The van der Waals surface area contributed by atoms with Crippen LogP contribution in [0.1, 0.15) is 43.4 Å². The third-order valence-corrected chi connectivity index (χ3v) is 3.86. The maximum Gasteiger partial charge on any atom is 0.265 e. The Kier molecular flexibility index (Phi) is 5.43. The van der Waals surface area contributed by atoms with Gasteiger partial charge in [0.2, 0.25) is 0 Å². The van der Waals surface area contributed by atoms with E-state index < -0.39 is 6.10 Å². The number of hydrogen-bond acceptors (Lipinski definition) is 2. The highest BCUT2D eigenvalue weighted by molar-refractivity contribution is 5.94. The number of rotatable bonds is 5. The lowest BCUT2D eigenvalue weighted by molar-refractivity contribution is -0.122. The van der Waals surface area contributed by atoms with Crippen molar-refractivity contribution in [1.29, 1.82) is 0 Å². The summed E-state index contributed by atoms with van der Waals surface area (Å²) >= 11 is 0. The summed E-state index contributed by atoms with van der Waals surface area (Å²) in [4.78, 5) is 12.3. The molecule has 1 atom stereocenters. The van der Waals surface area contributed by atoms with Gasteiger partial charge in [0.1, 0.15) is 5.75 Å². The van der Waals surface area contributed by atoms with E-state index in [0.717, 1.165) is 22.6 Å². The molecule has 1 amide bonds. The van der Waals surface area contributed by atoms with Crippen molar-refractivity contribution in [2.45, 2.75) is 46.6 Å². The average Bonchev–Trinajstić information content (AvgIpc) is 2.51. The molecule has 0 bridgehead atoms. The fourth-order valence-corrected chi connectivity index (χ4v) is 2.27. The van der Waals surface area contributed by atoms with E-state index in [-0.39, 0.29) is 5.91 Å². The third-order valence-electron chi connectivity index (χ3n) is 3.86. The standard InChI is InChI=1S/C20H25NO2/c1-13(2)17-8-10-18(11-9-17)21-20(22)16(5)23-19-12-14(3)6-7-15(19)4/h6-13,16H,1-5H3,(H,21,22)/t16-/m0/s1. The van der Waals surface area contributed by atoms with Gasteiger partial charge in [-0.05, 0) is 61.6 Å². The van der Waals surface area contributed by atoms with Crippen LogP contribution in [0.5, 0.6) is 5.75 Å². The Labute approximate surface area is 138 Å². The molecule has 122 valence electrons. The van der Waals surface area contributed by atoms with Gasteiger partial charge < -0.3 is 10.1 Å². The van der Waals surface area contributed by atoms with E-state index in [4.69, 9.17) is 4.74 Å². The number of hydrogen-bond donors (Lipinski definition) is 1. The molecule has 2 rings (SSSR count). The predicted octanol–water partition coefficient (Wildman–Crippen LogP) is 4.83. The molecular formula is C20H25NO2. The second kappa shape index (κ2) is 7.32. The second-order valence-corrected chi connectivity index (χ2v) is 6.29. The van der Waals surface area contributed by atoms with Gasteiger partial charge in [0.05, 0.1) is 0 Å². The van der Waals surface area contributed by atoms with E-state index in [2.05, 4.69) is 19.2 Å². The van der Waals surface area contributed by atoms with Crippen molar-refractivity contribution in [3.05, 3.63) is 59.2 Å². The molecule has 0 aliphatic rings. The lowest BCUT2D eigenvalue weighted by Crippen LogP contribution is -2.30. The van der Waals surface area contributed by atoms with Crippen molar-refractivity contribution in [2.24, 2.45) is 0 Å². The number of carbonyl (C=O) groups is 1. The molecule has 0 heterocycles. The van der Waals surface area contributed by atoms with E-state index in [9.17, 15) is 4.79 Å². The molecule has 0 radical (unpaired) electrons. The molecule has 0 unspecified atom stereocenters. The highest BCUT2D eigenvalue weighted by Gasteiger charge is 2.16. The molecular weight excluding hydrogens is 286 g/mol. The van der Waals surface area contributed by atoms with Gasteiger partial charge in [-0.25, -0.2) is 0 Å². The van der Waals surface area contributed by atoms with Crippen LogP contribution in [0.15, 0.2) is 42.5 Å². The number of aryl methyl sites for hydroxylation is 2. The molecule has 0 aliphatic carbocycles. The Morgan fingerprint density at radius 3 is 2.26 bits per heavy atom. The number of carbonyl (C=O) groups excluding carboxylic acids is 1. The SMILES string of the molecule is Cc1ccc(C)c(O[C@@H](C)C(=O)Nc2ccc(C(C)C)cc2)c1. The quantitative estimate of drug-likeness (QED) is 0.858. The normalized spacial score (nSPS) is 12.1. The average molecular weight is 311 g/mol. The Bertz CT molecular complexity index is 675. The molecule has 23 heavy (non-hydrogen) atoms. The van der Waals surface area contributed by atoms with Crippen LogP contribution in [0, 0.1) is 13.8 Å². The maximum absolute atomic E-state index is 12.3. The summed E-state index contributed by atoms with van der Waals surface area (Å²) in [7, 11) is 0. The molecule has 0 spiro atoms. The fraction of sp³-hybridized carbons (Fsp3) is 0.350. The summed E-state index contributed by atoms with van der Waals surface area (Å²) in [6.07, 6.45) is -0.555. The Hall–Kier alpha value is -2.29. The van der Waals surface area contributed by atoms with E-state index in [0.29, 0.717) is 5.92 Å². The summed E-state index contributed by atoms with van der Waals surface area (Å²) in [6.45, 7) is 10.0. The Morgan fingerprint density at radius 1 is 1.00 bits per heavy atom. The number of nitrogens with one attached hydrogen (secondary N) is 1. The van der Waals surface area contributed by atoms with Gasteiger partial charge in [0, 0.05) is 5.69 Å². The zero-order valence-electron chi connectivity index (χ0n) is 14.5. The molecule has 1 N–H and O–H groups in total. The Morgan fingerprint density at radius 2 is 1.65 bits per heavy atom. The summed E-state index contributed by atoms with van der Waals surface area (Å²) in [5.74, 6) is 1.08. The third kappa shape index (κ3) is 4.59. The van der Waals surface area contributed by atoms with Crippen molar-refractivity contribution in [1.82, 2.24) is 0 Å². The van der Waals surface area contributed by atoms with Gasteiger partial charge in [-0.3, -0.25) is 4.79 Å². The summed E-state index contributed by atoms with van der Waals surface area (Å²) < 4.78 is 5.81. The predicted molar refractivity (Wildman–Crippen MR) is 95.2 cm³/mol. The molecule has 0 saturated carbocycles. The van der Waals surface area contributed by atoms with Gasteiger partial charge in [0.25, 0.3) is 5.91 Å². The highest BCUT2D eigenvalue weighted by atomic mass is 16.5. The zero-order valence-corrected chi connectivity index (χ0v) is 14.5. The Balaban J connectivity index is 2.01. The first-order valence-electron chi connectivity index (χ1n) is 8.01. The first-order chi connectivity index (χ1) is 10.9. The van der Waals surface area contributed by atoms with Crippen molar-refractivity contribution < 1.29 is 9.53 Å². The minimum absolute atomic E-state index is 0.150. The van der Waals surface area contributed by atoms with Gasteiger partial charge >= 0.3 is 0 Å². The van der Waals surface area contributed by atoms with Crippen LogP contribution >= 0.6 is 0 Å². The van der Waals surface area contributed by atoms with Gasteiger partial charge in [-0.15, -0.1) is 0 Å². The van der Waals surface area contributed by atoms with Crippen LogP contribution in [-0.4, -0.2) is 12.0 Å². The first kappa shape index (κ1) is 17.1. The number of ether oxygens (including phenoxy) is 1. The van der Waals surface area contributed by atoms with Crippen LogP contribution < -0.4 is 10.1 Å². The van der Waals surface area contributed by atoms with E-state index in [1.807, 2.05) is 56.3 Å². The number of amides is 1. The molecule has 0 saturated heterocycles. The summed E-state index contributed by atoms with van der Waals surface area (Å²) in [5.41, 5.74) is 4.18. The molecule has 2 aromatic carbocycles. The van der Waals surface area contributed by atoms with Crippen molar-refractivity contribution in [2.75, 3.05) is 5.32 Å². The minimum Gasteiger partial charge on any atom is -0.481 e. The largest absolute Gasteiger partial charge is 0.481 e. The van der Waals surface area contributed by atoms with Crippen molar-refractivity contribution >= 4 is 11.6 Å². The fourth-order valence-electron chi connectivity index (χ4n) is 2.27. The molecule has 3 heteroatoms. The highest BCUT2D eigenvalue weighted by Crippen LogP contribution is 2.21.